The molecule has 0 saturated heterocycles. The summed E-state index contributed by atoms with van der Waals surface area (Å²) in [4.78, 5) is 31.0. The first-order valence-electron chi connectivity index (χ1n) is 9.68. The fraction of sp³-hybridized carbons (Fsp3) is 0.227. The molecule has 2 aromatic carbocycles. The lowest BCUT2D eigenvalue weighted by Crippen LogP contribution is -2.22. The maximum atomic E-state index is 12.8. The molecule has 30 heavy (non-hydrogen) atoms. The average molecular weight is 425 g/mol. The number of amides is 2. The van der Waals surface area contributed by atoms with Crippen molar-refractivity contribution in [3.8, 4) is 5.75 Å². The van der Waals surface area contributed by atoms with E-state index in [-0.39, 0.29) is 18.4 Å². The number of para-hydroxylation sites is 1. The molecule has 0 saturated carbocycles. The maximum Gasteiger partial charge on any atom is 0.264 e. The summed E-state index contributed by atoms with van der Waals surface area (Å²) < 4.78 is 5.58. The Morgan fingerprint density at radius 3 is 2.43 bits per heavy atom. The Bertz CT molecular complexity index is 970. The van der Waals surface area contributed by atoms with Crippen LogP contribution >= 0.6 is 11.3 Å². The number of hydrogen-bond acceptors (Lipinski definition) is 6. The molecule has 0 unspecified atom stereocenters. The third-order valence-corrected chi connectivity index (χ3v) is 5.11. The van der Waals surface area contributed by atoms with E-state index in [0.717, 1.165) is 18.8 Å². The molecule has 8 heteroatoms. The van der Waals surface area contributed by atoms with Gasteiger partial charge in [0.15, 0.2) is 11.7 Å². The highest BCUT2D eigenvalue weighted by molar-refractivity contribution is 7.13. The number of anilines is 3. The number of nitrogens with zero attached hydrogens (tertiary/aromatic N) is 2. The standard InChI is InChI=1S/C22H24N4O3S/c1-3-26(4-2)17-11-9-16(10-12-17)24-21(28)18-7-5-6-8-19(18)29-15-20(27)25-22-23-13-14-30-22/h5-14H,3-4,15H2,1-2H3,(H,24,28)(H,23,25,27). The Kier molecular flexibility index (Phi) is 7.40. The van der Waals surface area contributed by atoms with Crippen molar-refractivity contribution in [1.82, 2.24) is 4.98 Å². The molecule has 0 atom stereocenters. The number of nitrogens with one attached hydrogen (secondary N) is 2. The lowest BCUT2D eigenvalue weighted by molar-refractivity contribution is -0.118. The van der Waals surface area contributed by atoms with E-state index in [1.54, 1.807) is 35.8 Å². The van der Waals surface area contributed by atoms with Crippen LogP contribution in [0.15, 0.2) is 60.1 Å². The fourth-order valence-corrected chi connectivity index (χ4v) is 3.45. The van der Waals surface area contributed by atoms with Gasteiger partial charge in [-0.15, -0.1) is 11.3 Å². The monoisotopic (exact) mass is 424 g/mol. The lowest BCUT2D eigenvalue weighted by atomic mass is 10.1. The van der Waals surface area contributed by atoms with Crippen molar-refractivity contribution in [1.29, 1.82) is 0 Å². The molecular formula is C22H24N4O3S. The van der Waals surface area contributed by atoms with Gasteiger partial charge in [-0.25, -0.2) is 4.98 Å². The van der Waals surface area contributed by atoms with Gasteiger partial charge in [0, 0.05) is 36.0 Å². The van der Waals surface area contributed by atoms with E-state index in [9.17, 15) is 9.59 Å². The number of ether oxygens (including phenoxy) is 1. The van der Waals surface area contributed by atoms with Gasteiger partial charge in [0.25, 0.3) is 11.8 Å². The number of aromatic nitrogens is 1. The van der Waals surface area contributed by atoms with Crippen LogP contribution in [0, 0.1) is 0 Å². The first kappa shape index (κ1) is 21.3. The topological polar surface area (TPSA) is 83.6 Å². The number of carbonyl (C=O) groups is 2. The largest absolute Gasteiger partial charge is 0.483 e. The lowest BCUT2D eigenvalue weighted by Gasteiger charge is -2.21. The quantitative estimate of drug-likeness (QED) is 0.536. The van der Waals surface area contributed by atoms with E-state index in [1.807, 2.05) is 24.3 Å². The van der Waals surface area contributed by atoms with Crippen molar-refractivity contribution in [2.75, 3.05) is 35.2 Å². The van der Waals surface area contributed by atoms with E-state index in [4.69, 9.17) is 4.74 Å². The zero-order valence-corrected chi connectivity index (χ0v) is 17.7. The fourth-order valence-electron chi connectivity index (χ4n) is 2.91. The van der Waals surface area contributed by atoms with E-state index < -0.39 is 0 Å². The Morgan fingerprint density at radius 1 is 1.03 bits per heavy atom. The van der Waals surface area contributed by atoms with Crippen molar-refractivity contribution in [2.24, 2.45) is 0 Å². The number of benzene rings is 2. The van der Waals surface area contributed by atoms with Gasteiger partial charge in [-0.3, -0.25) is 14.9 Å². The highest BCUT2D eigenvalue weighted by Gasteiger charge is 2.14. The molecule has 0 bridgehead atoms. The zero-order valence-electron chi connectivity index (χ0n) is 16.9. The summed E-state index contributed by atoms with van der Waals surface area (Å²) in [5.41, 5.74) is 2.15. The molecule has 0 fully saturated rings. The van der Waals surface area contributed by atoms with Gasteiger partial charge in [-0.2, -0.15) is 0 Å². The summed E-state index contributed by atoms with van der Waals surface area (Å²) in [7, 11) is 0. The molecule has 0 aliphatic rings. The summed E-state index contributed by atoms with van der Waals surface area (Å²) >= 11 is 1.32. The smallest absolute Gasteiger partial charge is 0.264 e. The first-order chi connectivity index (χ1) is 14.6. The molecule has 0 spiro atoms. The van der Waals surface area contributed by atoms with Gasteiger partial charge in [0.2, 0.25) is 0 Å². The molecular weight excluding hydrogens is 400 g/mol. The van der Waals surface area contributed by atoms with Crippen LogP contribution in [0.3, 0.4) is 0 Å². The minimum Gasteiger partial charge on any atom is -0.483 e. The molecule has 2 N–H and O–H groups in total. The summed E-state index contributed by atoms with van der Waals surface area (Å²) in [5.74, 6) is -0.308. The summed E-state index contributed by atoms with van der Waals surface area (Å²) in [6.45, 7) is 5.83. The van der Waals surface area contributed by atoms with Gasteiger partial charge in [0.1, 0.15) is 5.75 Å². The molecule has 0 radical (unpaired) electrons. The number of hydrogen-bond donors (Lipinski definition) is 2. The molecule has 0 aliphatic heterocycles. The summed E-state index contributed by atoms with van der Waals surface area (Å²) in [5, 5.41) is 7.79. The van der Waals surface area contributed by atoms with E-state index in [0.29, 0.717) is 22.1 Å². The SMILES string of the molecule is CCN(CC)c1ccc(NC(=O)c2ccccc2OCC(=O)Nc2nccs2)cc1. The highest BCUT2D eigenvalue weighted by Crippen LogP contribution is 2.22. The number of rotatable bonds is 9. The van der Waals surface area contributed by atoms with Gasteiger partial charge >= 0.3 is 0 Å². The minimum absolute atomic E-state index is 0.220. The van der Waals surface area contributed by atoms with Gasteiger partial charge < -0.3 is 15.0 Å². The Hall–Kier alpha value is -3.39. The molecule has 2 amide bonds. The van der Waals surface area contributed by atoms with Crippen LogP contribution in [-0.4, -0.2) is 36.5 Å². The highest BCUT2D eigenvalue weighted by atomic mass is 32.1. The Labute approximate surface area is 179 Å². The summed E-state index contributed by atoms with van der Waals surface area (Å²) in [6, 6.07) is 14.5. The van der Waals surface area contributed by atoms with E-state index in [2.05, 4.69) is 34.4 Å². The van der Waals surface area contributed by atoms with Crippen molar-refractivity contribution in [3.05, 3.63) is 65.7 Å². The van der Waals surface area contributed by atoms with Crippen LogP contribution < -0.4 is 20.3 Å². The number of carbonyl (C=O) groups excluding carboxylic acids is 2. The van der Waals surface area contributed by atoms with E-state index >= 15 is 0 Å². The second-order valence-electron chi connectivity index (χ2n) is 6.34. The third-order valence-electron chi connectivity index (χ3n) is 4.42. The molecule has 156 valence electrons. The van der Waals surface area contributed by atoms with Crippen molar-refractivity contribution >= 4 is 39.7 Å². The average Bonchev–Trinajstić information content (AvgIpc) is 3.27. The predicted octanol–water partition coefficient (Wildman–Crippen LogP) is 4.26. The van der Waals surface area contributed by atoms with Crippen LogP contribution in [0.5, 0.6) is 5.75 Å². The van der Waals surface area contributed by atoms with Crippen LogP contribution in [0.25, 0.3) is 0 Å². The van der Waals surface area contributed by atoms with Gasteiger partial charge in [-0.1, -0.05) is 12.1 Å². The van der Waals surface area contributed by atoms with Crippen molar-refractivity contribution < 1.29 is 14.3 Å². The van der Waals surface area contributed by atoms with Crippen LogP contribution in [-0.2, 0) is 4.79 Å². The second-order valence-corrected chi connectivity index (χ2v) is 7.24. The second kappa shape index (κ2) is 10.4. The van der Waals surface area contributed by atoms with Crippen LogP contribution in [0.4, 0.5) is 16.5 Å². The first-order valence-corrected chi connectivity index (χ1v) is 10.6. The third kappa shape index (κ3) is 5.57. The van der Waals surface area contributed by atoms with Gasteiger partial charge in [-0.05, 0) is 50.2 Å². The molecule has 3 aromatic rings. The van der Waals surface area contributed by atoms with E-state index in [1.165, 1.54) is 11.3 Å². The zero-order chi connectivity index (χ0) is 21.3. The van der Waals surface area contributed by atoms with Crippen molar-refractivity contribution in [2.45, 2.75) is 13.8 Å². The molecule has 1 heterocycles. The van der Waals surface area contributed by atoms with Gasteiger partial charge in [0.05, 0.1) is 5.56 Å². The Balaban J connectivity index is 1.63. The molecule has 7 nitrogen and oxygen atoms in total. The maximum absolute atomic E-state index is 12.8. The van der Waals surface area contributed by atoms with Crippen LogP contribution in [0.1, 0.15) is 24.2 Å². The Morgan fingerprint density at radius 2 is 1.77 bits per heavy atom. The predicted molar refractivity (Wildman–Crippen MR) is 121 cm³/mol. The molecule has 1 aromatic heterocycles. The van der Waals surface area contributed by atoms with Crippen molar-refractivity contribution in [3.63, 3.8) is 0 Å². The summed E-state index contributed by atoms with van der Waals surface area (Å²) in [6.07, 6.45) is 1.61. The molecule has 3 rings (SSSR count). The van der Waals surface area contributed by atoms with Crippen LogP contribution in [0.2, 0.25) is 0 Å². The number of thiazole rings is 1. The molecule has 0 aliphatic carbocycles. The normalized spacial score (nSPS) is 10.3. The minimum atomic E-state index is -0.341.